The summed E-state index contributed by atoms with van der Waals surface area (Å²) >= 11 is 1.50. The van der Waals surface area contributed by atoms with Crippen molar-refractivity contribution in [3.8, 4) is 0 Å². The van der Waals surface area contributed by atoms with Gasteiger partial charge in [0, 0.05) is 29.4 Å². The fourth-order valence-electron chi connectivity index (χ4n) is 4.40. The molecule has 0 radical (unpaired) electrons. The zero-order chi connectivity index (χ0) is 20.5. The van der Waals surface area contributed by atoms with Crippen LogP contribution in [0.1, 0.15) is 35.3 Å². The highest BCUT2D eigenvalue weighted by atomic mass is 32.1. The SMILES string of the molecule is COC1=C(C2CC2C(=O)Nc2sc3c(c2CN)CCN(C(=O)CO)C3)CCC=C1. The smallest absolute Gasteiger partial charge is 0.248 e. The number of nitrogens with one attached hydrogen (secondary N) is 1. The Hall–Kier alpha value is -2.16. The Bertz CT molecular complexity index is 889. The van der Waals surface area contributed by atoms with Crippen molar-refractivity contribution in [1.29, 1.82) is 0 Å². The van der Waals surface area contributed by atoms with E-state index in [1.807, 2.05) is 6.08 Å². The number of carbonyl (C=O) groups is 2. The molecule has 8 heteroatoms. The Morgan fingerprint density at radius 2 is 2.24 bits per heavy atom. The van der Waals surface area contributed by atoms with Crippen molar-refractivity contribution in [2.45, 2.75) is 38.8 Å². The number of thiophene rings is 1. The van der Waals surface area contributed by atoms with Gasteiger partial charge in [0.15, 0.2) is 0 Å². The average molecular weight is 418 g/mol. The van der Waals surface area contributed by atoms with Crippen LogP contribution >= 0.6 is 11.3 Å². The number of carbonyl (C=O) groups excluding carboxylic acids is 2. The summed E-state index contributed by atoms with van der Waals surface area (Å²) in [5.41, 5.74) is 9.36. The molecule has 0 saturated heterocycles. The Morgan fingerprint density at radius 1 is 1.41 bits per heavy atom. The lowest BCUT2D eigenvalue weighted by Gasteiger charge is -2.26. The zero-order valence-electron chi connectivity index (χ0n) is 16.6. The number of allylic oxidation sites excluding steroid dienone is 3. The van der Waals surface area contributed by atoms with E-state index in [4.69, 9.17) is 15.6 Å². The predicted octanol–water partition coefficient (Wildman–Crippen LogP) is 1.91. The summed E-state index contributed by atoms with van der Waals surface area (Å²) in [4.78, 5) is 27.4. The van der Waals surface area contributed by atoms with Gasteiger partial charge in [-0.2, -0.15) is 0 Å². The minimum atomic E-state index is -0.481. The molecule has 3 aliphatic rings. The summed E-state index contributed by atoms with van der Waals surface area (Å²) in [5.74, 6) is 0.888. The molecule has 7 nitrogen and oxygen atoms in total. The van der Waals surface area contributed by atoms with Gasteiger partial charge >= 0.3 is 0 Å². The maximum Gasteiger partial charge on any atom is 0.248 e. The number of rotatable bonds is 6. The van der Waals surface area contributed by atoms with E-state index in [2.05, 4.69) is 11.4 Å². The second kappa shape index (κ2) is 8.30. The van der Waals surface area contributed by atoms with Crippen LogP contribution in [0.25, 0.3) is 0 Å². The first-order valence-electron chi connectivity index (χ1n) is 10.0. The van der Waals surface area contributed by atoms with Crippen molar-refractivity contribution >= 4 is 28.2 Å². The standard InChI is InChI=1S/C21H27N3O4S/c1-28-17-5-3-2-4-12(17)14-8-15(14)20(27)23-21-16(9-22)13-6-7-24(19(26)11-25)10-18(13)29-21/h3,5,14-15,25H,2,4,6-11,22H2,1H3,(H,23,27). The van der Waals surface area contributed by atoms with E-state index in [0.717, 1.165) is 46.0 Å². The van der Waals surface area contributed by atoms with Gasteiger partial charge in [0.2, 0.25) is 11.8 Å². The van der Waals surface area contributed by atoms with Crippen LogP contribution < -0.4 is 11.1 Å². The number of hydrogen-bond donors (Lipinski definition) is 3. The maximum absolute atomic E-state index is 12.9. The molecule has 2 atom stereocenters. The molecule has 0 spiro atoms. The van der Waals surface area contributed by atoms with Crippen molar-refractivity contribution in [2.75, 3.05) is 25.6 Å². The van der Waals surface area contributed by atoms with Crippen LogP contribution in [0.5, 0.6) is 0 Å². The Kier molecular flexibility index (Phi) is 5.76. The number of nitrogens with zero attached hydrogens (tertiary/aromatic N) is 1. The summed E-state index contributed by atoms with van der Waals surface area (Å²) < 4.78 is 5.48. The Morgan fingerprint density at radius 3 is 2.97 bits per heavy atom. The van der Waals surface area contributed by atoms with Crippen LogP contribution in [-0.4, -0.2) is 42.1 Å². The molecule has 29 heavy (non-hydrogen) atoms. The normalized spacial score (nSPS) is 23.1. The lowest BCUT2D eigenvalue weighted by Crippen LogP contribution is -2.37. The molecular weight excluding hydrogens is 390 g/mol. The average Bonchev–Trinajstić information content (AvgIpc) is 3.48. The first-order chi connectivity index (χ1) is 14.1. The number of anilines is 1. The molecule has 0 bridgehead atoms. The third kappa shape index (κ3) is 3.84. The molecule has 2 unspecified atom stereocenters. The van der Waals surface area contributed by atoms with Gasteiger partial charge in [-0.1, -0.05) is 6.08 Å². The van der Waals surface area contributed by atoms with Crippen LogP contribution in [-0.2, 0) is 33.8 Å². The lowest BCUT2D eigenvalue weighted by atomic mass is 9.98. The zero-order valence-corrected chi connectivity index (χ0v) is 17.4. The number of aliphatic hydroxyl groups excluding tert-OH is 1. The van der Waals surface area contributed by atoms with E-state index in [-0.39, 0.29) is 23.7 Å². The highest BCUT2D eigenvalue weighted by molar-refractivity contribution is 7.16. The number of hydrogen-bond acceptors (Lipinski definition) is 6. The largest absolute Gasteiger partial charge is 0.497 e. The quantitative estimate of drug-likeness (QED) is 0.656. The molecule has 2 aliphatic carbocycles. The first-order valence-corrected chi connectivity index (χ1v) is 10.9. The Labute approximate surface area is 174 Å². The topological polar surface area (TPSA) is 105 Å². The Balaban J connectivity index is 1.47. The minimum Gasteiger partial charge on any atom is -0.497 e. The highest BCUT2D eigenvalue weighted by Crippen LogP contribution is 2.49. The van der Waals surface area contributed by atoms with E-state index in [1.54, 1.807) is 12.0 Å². The number of amides is 2. The molecule has 4 rings (SSSR count). The fraction of sp³-hybridized carbons (Fsp3) is 0.524. The summed E-state index contributed by atoms with van der Waals surface area (Å²) in [5, 5.41) is 13.0. The van der Waals surface area contributed by atoms with Gasteiger partial charge in [-0.15, -0.1) is 11.3 Å². The van der Waals surface area contributed by atoms with Crippen molar-refractivity contribution < 1.29 is 19.4 Å². The second-order valence-electron chi connectivity index (χ2n) is 7.71. The van der Waals surface area contributed by atoms with Gasteiger partial charge in [-0.25, -0.2) is 0 Å². The van der Waals surface area contributed by atoms with Crippen LogP contribution in [0.2, 0.25) is 0 Å². The molecule has 0 aromatic carbocycles. The van der Waals surface area contributed by atoms with E-state index >= 15 is 0 Å². The monoisotopic (exact) mass is 417 g/mol. The summed E-state index contributed by atoms with van der Waals surface area (Å²) in [6.07, 6.45) is 7.60. The molecule has 1 aromatic heterocycles. The van der Waals surface area contributed by atoms with Gasteiger partial charge < -0.3 is 25.8 Å². The number of aliphatic hydroxyl groups is 1. The van der Waals surface area contributed by atoms with Gasteiger partial charge in [0.25, 0.3) is 0 Å². The molecule has 1 aromatic rings. The van der Waals surface area contributed by atoms with E-state index in [1.165, 1.54) is 16.9 Å². The van der Waals surface area contributed by atoms with Crippen molar-refractivity contribution in [2.24, 2.45) is 17.6 Å². The van der Waals surface area contributed by atoms with Crippen LogP contribution in [0.4, 0.5) is 5.00 Å². The van der Waals surface area contributed by atoms with E-state index in [0.29, 0.717) is 26.1 Å². The summed E-state index contributed by atoms with van der Waals surface area (Å²) in [6.45, 7) is 0.902. The highest BCUT2D eigenvalue weighted by Gasteiger charge is 2.46. The number of nitrogens with two attached hydrogens (primary N) is 1. The minimum absolute atomic E-state index is 0.0288. The lowest BCUT2D eigenvalue weighted by molar-refractivity contribution is -0.135. The van der Waals surface area contributed by atoms with Crippen LogP contribution in [0.15, 0.2) is 23.5 Å². The predicted molar refractivity (Wildman–Crippen MR) is 111 cm³/mol. The molecule has 156 valence electrons. The van der Waals surface area contributed by atoms with Crippen molar-refractivity contribution in [3.05, 3.63) is 39.5 Å². The van der Waals surface area contributed by atoms with Crippen molar-refractivity contribution in [3.63, 3.8) is 0 Å². The fourth-order valence-corrected chi connectivity index (χ4v) is 5.70. The molecular formula is C21H27N3O4S. The molecule has 1 fully saturated rings. The summed E-state index contributed by atoms with van der Waals surface area (Å²) in [7, 11) is 1.68. The van der Waals surface area contributed by atoms with Gasteiger partial charge in [0.1, 0.15) is 17.4 Å². The molecule has 4 N–H and O–H groups in total. The maximum atomic E-state index is 12.9. The molecule has 2 amide bonds. The van der Waals surface area contributed by atoms with Gasteiger partial charge in [0.05, 0.1) is 13.7 Å². The summed E-state index contributed by atoms with van der Waals surface area (Å²) in [6, 6.07) is 0. The first kappa shape index (κ1) is 20.1. The second-order valence-corrected chi connectivity index (χ2v) is 8.82. The molecule has 1 saturated carbocycles. The third-order valence-corrected chi connectivity index (χ3v) is 7.23. The van der Waals surface area contributed by atoms with Crippen LogP contribution in [0, 0.1) is 11.8 Å². The third-order valence-electron chi connectivity index (χ3n) is 6.06. The van der Waals surface area contributed by atoms with Crippen LogP contribution in [0.3, 0.4) is 0 Å². The van der Waals surface area contributed by atoms with Gasteiger partial charge in [-0.3, -0.25) is 9.59 Å². The van der Waals surface area contributed by atoms with E-state index in [9.17, 15) is 9.59 Å². The number of methoxy groups -OCH3 is 1. The molecule has 2 heterocycles. The number of ether oxygens (including phenoxy) is 1. The van der Waals surface area contributed by atoms with Crippen molar-refractivity contribution in [1.82, 2.24) is 4.90 Å². The van der Waals surface area contributed by atoms with Gasteiger partial charge in [-0.05, 0) is 48.8 Å². The van der Waals surface area contributed by atoms with E-state index < -0.39 is 6.61 Å². The molecule has 1 aliphatic heterocycles. The number of fused-ring (bicyclic) bond motifs is 1.